The minimum absolute atomic E-state index is 0.148. The van der Waals surface area contributed by atoms with E-state index in [4.69, 9.17) is 11.5 Å². The number of rotatable bonds is 6. The Morgan fingerprint density at radius 2 is 2.25 bits per heavy atom. The molecule has 1 rings (SSSR count). The summed E-state index contributed by atoms with van der Waals surface area (Å²) in [7, 11) is 0. The third-order valence-corrected chi connectivity index (χ3v) is 3.47. The van der Waals surface area contributed by atoms with Crippen LogP contribution in [0.15, 0.2) is 0 Å². The quantitative estimate of drug-likeness (QED) is 0.706. The summed E-state index contributed by atoms with van der Waals surface area (Å²) in [5.41, 5.74) is 11.0. The van der Waals surface area contributed by atoms with Gasteiger partial charge in [-0.05, 0) is 25.8 Å². The smallest absolute Gasteiger partial charge is 0.219 e. The van der Waals surface area contributed by atoms with Crippen molar-refractivity contribution < 1.29 is 4.79 Å². The van der Waals surface area contributed by atoms with Gasteiger partial charge in [-0.15, -0.1) is 0 Å². The van der Waals surface area contributed by atoms with Gasteiger partial charge in [-0.2, -0.15) is 0 Å². The van der Waals surface area contributed by atoms with E-state index in [2.05, 4.69) is 11.8 Å². The highest BCUT2D eigenvalue weighted by Crippen LogP contribution is 2.23. The summed E-state index contributed by atoms with van der Waals surface area (Å²) in [5, 5.41) is 0. The maximum Gasteiger partial charge on any atom is 0.219 e. The molecule has 94 valence electrons. The Kier molecular flexibility index (Phi) is 5.77. The average Bonchev–Trinajstić information content (AvgIpc) is 2.27. The average molecular weight is 227 g/mol. The van der Waals surface area contributed by atoms with Gasteiger partial charge in [0.05, 0.1) is 0 Å². The molecule has 1 aliphatic heterocycles. The van der Waals surface area contributed by atoms with Crippen molar-refractivity contribution in [2.45, 2.75) is 57.5 Å². The lowest BCUT2D eigenvalue weighted by atomic mass is 9.95. The molecule has 0 aromatic heterocycles. The van der Waals surface area contributed by atoms with Crippen molar-refractivity contribution >= 4 is 5.91 Å². The molecule has 0 spiro atoms. The Morgan fingerprint density at radius 3 is 2.81 bits per heavy atom. The zero-order valence-electron chi connectivity index (χ0n) is 10.3. The van der Waals surface area contributed by atoms with E-state index in [0.29, 0.717) is 19.0 Å². The van der Waals surface area contributed by atoms with Crippen LogP contribution in [0, 0.1) is 0 Å². The van der Waals surface area contributed by atoms with E-state index in [1.165, 1.54) is 32.1 Å². The second kappa shape index (κ2) is 6.86. The maximum absolute atomic E-state index is 11.0. The molecule has 4 heteroatoms. The van der Waals surface area contributed by atoms with E-state index in [1.807, 2.05) is 0 Å². The second-order valence-electron chi connectivity index (χ2n) is 4.74. The summed E-state index contributed by atoms with van der Waals surface area (Å²) in [6.07, 6.45) is 6.55. The van der Waals surface area contributed by atoms with Crippen LogP contribution in [-0.4, -0.2) is 36.0 Å². The standard InChI is InChI=1S/C12H25N3O/c1-2-5-10-6-3-4-7-15(10)11(9-13)8-12(14)16/h10-11H,2-9,13H2,1H3,(H2,14,16). The van der Waals surface area contributed by atoms with Crippen LogP contribution in [0.1, 0.15) is 45.4 Å². The molecule has 1 heterocycles. The molecule has 0 radical (unpaired) electrons. The lowest BCUT2D eigenvalue weighted by molar-refractivity contribution is -0.119. The van der Waals surface area contributed by atoms with Crippen LogP contribution < -0.4 is 11.5 Å². The number of primary amides is 1. The second-order valence-corrected chi connectivity index (χ2v) is 4.74. The van der Waals surface area contributed by atoms with Gasteiger partial charge in [0.25, 0.3) is 0 Å². The first-order chi connectivity index (χ1) is 7.69. The minimum Gasteiger partial charge on any atom is -0.370 e. The Bertz CT molecular complexity index is 218. The van der Waals surface area contributed by atoms with Gasteiger partial charge in [0.15, 0.2) is 0 Å². The molecule has 1 saturated heterocycles. The van der Waals surface area contributed by atoms with Gasteiger partial charge in [-0.25, -0.2) is 0 Å². The van der Waals surface area contributed by atoms with Crippen LogP contribution in [0.25, 0.3) is 0 Å². The molecule has 2 atom stereocenters. The predicted molar refractivity (Wildman–Crippen MR) is 65.9 cm³/mol. The zero-order chi connectivity index (χ0) is 12.0. The topological polar surface area (TPSA) is 72.3 Å². The number of likely N-dealkylation sites (tertiary alicyclic amines) is 1. The maximum atomic E-state index is 11.0. The van der Waals surface area contributed by atoms with Crippen LogP contribution >= 0.6 is 0 Å². The van der Waals surface area contributed by atoms with Gasteiger partial charge in [0.1, 0.15) is 0 Å². The summed E-state index contributed by atoms with van der Waals surface area (Å²) in [6.45, 7) is 3.81. The van der Waals surface area contributed by atoms with Crippen molar-refractivity contribution in [3.05, 3.63) is 0 Å². The number of hydrogen-bond donors (Lipinski definition) is 2. The predicted octanol–water partition coefficient (Wildman–Crippen LogP) is 0.844. The fourth-order valence-corrected chi connectivity index (χ4v) is 2.72. The number of carbonyl (C=O) groups excluding carboxylic acids is 1. The number of carbonyl (C=O) groups is 1. The summed E-state index contributed by atoms with van der Waals surface area (Å²) >= 11 is 0. The third kappa shape index (κ3) is 3.76. The number of nitrogens with two attached hydrogens (primary N) is 2. The highest BCUT2D eigenvalue weighted by Gasteiger charge is 2.28. The van der Waals surface area contributed by atoms with Crippen LogP contribution in [0.5, 0.6) is 0 Å². The molecule has 0 aromatic carbocycles. The summed E-state index contributed by atoms with van der Waals surface area (Å²) < 4.78 is 0. The molecule has 1 aliphatic rings. The first-order valence-electron chi connectivity index (χ1n) is 6.43. The number of nitrogens with zero attached hydrogens (tertiary/aromatic N) is 1. The highest BCUT2D eigenvalue weighted by molar-refractivity contribution is 5.74. The molecule has 4 N–H and O–H groups in total. The summed E-state index contributed by atoms with van der Waals surface area (Å²) in [4.78, 5) is 13.4. The molecule has 16 heavy (non-hydrogen) atoms. The van der Waals surface area contributed by atoms with Gasteiger partial charge in [-0.3, -0.25) is 9.69 Å². The van der Waals surface area contributed by atoms with Crippen LogP contribution in [0.4, 0.5) is 0 Å². The number of hydrogen-bond acceptors (Lipinski definition) is 3. The van der Waals surface area contributed by atoms with Crippen LogP contribution in [-0.2, 0) is 4.79 Å². The third-order valence-electron chi connectivity index (χ3n) is 3.47. The molecule has 2 unspecified atom stereocenters. The van der Waals surface area contributed by atoms with Gasteiger partial charge >= 0.3 is 0 Å². The number of amides is 1. The van der Waals surface area contributed by atoms with Gasteiger partial charge in [0.2, 0.25) is 5.91 Å². The molecule has 1 fully saturated rings. The van der Waals surface area contributed by atoms with Crippen LogP contribution in [0.2, 0.25) is 0 Å². The first-order valence-corrected chi connectivity index (χ1v) is 6.43. The summed E-state index contributed by atoms with van der Waals surface area (Å²) in [5.74, 6) is -0.240. The SMILES string of the molecule is CCCC1CCCCN1C(CN)CC(N)=O. The molecule has 0 aromatic rings. The van der Waals surface area contributed by atoms with E-state index in [0.717, 1.165) is 6.54 Å². The van der Waals surface area contributed by atoms with Crippen molar-refractivity contribution in [3.8, 4) is 0 Å². The fourth-order valence-electron chi connectivity index (χ4n) is 2.72. The van der Waals surface area contributed by atoms with Gasteiger partial charge in [0, 0.05) is 25.0 Å². The van der Waals surface area contributed by atoms with Gasteiger partial charge < -0.3 is 11.5 Å². The van der Waals surface area contributed by atoms with Crippen molar-refractivity contribution in [2.24, 2.45) is 11.5 Å². The monoisotopic (exact) mass is 227 g/mol. The minimum atomic E-state index is -0.240. The molecule has 0 saturated carbocycles. The van der Waals surface area contributed by atoms with Crippen molar-refractivity contribution in [1.29, 1.82) is 0 Å². The first kappa shape index (κ1) is 13.5. The zero-order valence-corrected chi connectivity index (χ0v) is 10.3. The molecule has 1 amide bonds. The Labute approximate surface area is 98.3 Å². The Morgan fingerprint density at radius 1 is 1.50 bits per heavy atom. The fraction of sp³-hybridized carbons (Fsp3) is 0.917. The molecule has 0 bridgehead atoms. The van der Waals surface area contributed by atoms with E-state index >= 15 is 0 Å². The number of piperidine rings is 1. The van der Waals surface area contributed by atoms with E-state index < -0.39 is 0 Å². The lowest BCUT2D eigenvalue weighted by Gasteiger charge is -2.40. The van der Waals surface area contributed by atoms with E-state index in [-0.39, 0.29) is 11.9 Å². The van der Waals surface area contributed by atoms with Crippen LogP contribution in [0.3, 0.4) is 0 Å². The molecular formula is C12H25N3O. The lowest BCUT2D eigenvalue weighted by Crippen LogP contribution is -2.50. The normalized spacial score (nSPS) is 24.2. The Hall–Kier alpha value is -0.610. The van der Waals surface area contributed by atoms with Crippen molar-refractivity contribution in [3.63, 3.8) is 0 Å². The molecule has 4 nitrogen and oxygen atoms in total. The van der Waals surface area contributed by atoms with Crippen molar-refractivity contribution in [1.82, 2.24) is 4.90 Å². The van der Waals surface area contributed by atoms with E-state index in [9.17, 15) is 4.79 Å². The molecule has 0 aliphatic carbocycles. The summed E-state index contributed by atoms with van der Waals surface area (Å²) in [6, 6.07) is 0.751. The van der Waals surface area contributed by atoms with Crippen molar-refractivity contribution in [2.75, 3.05) is 13.1 Å². The Balaban J connectivity index is 2.59. The largest absolute Gasteiger partial charge is 0.370 e. The van der Waals surface area contributed by atoms with Gasteiger partial charge in [-0.1, -0.05) is 19.8 Å². The highest BCUT2D eigenvalue weighted by atomic mass is 16.1. The molecular weight excluding hydrogens is 202 g/mol. The van der Waals surface area contributed by atoms with E-state index in [1.54, 1.807) is 0 Å².